The Labute approximate surface area is 101 Å². The minimum atomic E-state index is -0.954. The number of rotatable bonds is 5. The van der Waals surface area contributed by atoms with Gasteiger partial charge in [-0.25, -0.2) is 9.78 Å². The van der Waals surface area contributed by atoms with Gasteiger partial charge in [-0.2, -0.15) is 0 Å². The highest BCUT2D eigenvalue weighted by Gasteiger charge is 2.05. The van der Waals surface area contributed by atoms with Crippen molar-refractivity contribution < 1.29 is 14.7 Å². The molecule has 1 aromatic heterocycles. The number of carboxylic acids is 1. The topological polar surface area (TPSA) is 67.3 Å². The molecule has 1 N–H and O–H groups in total. The molecule has 0 aliphatic heterocycles. The molecule has 0 aromatic carbocycles. The molecule has 0 aliphatic rings. The number of carbonyl (C=O) groups is 2. The zero-order valence-corrected chi connectivity index (χ0v) is 10.3. The summed E-state index contributed by atoms with van der Waals surface area (Å²) < 4.78 is 0. The highest BCUT2D eigenvalue weighted by Crippen LogP contribution is 2.14. The van der Waals surface area contributed by atoms with Crippen LogP contribution in [0.1, 0.15) is 28.0 Å². The highest BCUT2D eigenvalue weighted by atomic mass is 32.2. The van der Waals surface area contributed by atoms with Gasteiger partial charge in [-0.3, -0.25) is 4.79 Å². The van der Waals surface area contributed by atoms with Crippen LogP contribution in [0.3, 0.4) is 0 Å². The average Bonchev–Trinajstić information content (AvgIpc) is 2.65. The van der Waals surface area contributed by atoms with E-state index in [9.17, 15) is 9.59 Å². The number of thioether (sulfide) groups is 1. The van der Waals surface area contributed by atoms with Gasteiger partial charge in [0.1, 0.15) is 9.88 Å². The first-order valence-electron chi connectivity index (χ1n) is 4.58. The van der Waals surface area contributed by atoms with Crippen molar-refractivity contribution in [2.45, 2.75) is 13.3 Å². The summed E-state index contributed by atoms with van der Waals surface area (Å²) in [7, 11) is 0. The van der Waals surface area contributed by atoms with Gasteiger partial charge >= 0.3 is 5.97 Å². The maximum absolute atomic E-state index is 10.6. The van der Waals surface area contributed by atoms with E-state index in [1.54, 1.807) is 6.08 Å². The lowest BCUT2D eigenvalue weighted by Crippen LogP contribution is -1.89. The maximum atomic E-state index is 10.6. The summed E-state index contributed by atoms with van der Waals surface area (Å²) in [5.74, 6) is -0.215. The van der Waals surface area contributed by atoms with E-state index in [-0.39, 0.29) is 9.99 Å². The van der Waals surface area contributed by atoms with Gasteiger partial charge in [0.05, 0.1) is 6.20 Å². The van der Waals surface area contributed by atoms with Gasteiger partial charge in [0, 0.05) is 12.7 Å². The maximum Gasteiger partial charge on any atom is 0.347 e. The van der Waals surface area contributed by atoms with Crippen LogP contribution in [-0.4, -0.2) is 26.9 Å². The predicted octanol–water partition coefficient (Wildman–Crippen LogP) is 2.52. The van der Waals surface area contributed by atoms with Crippen molar-refractivity contribution in [2.24, 2.45) is 0 Å². The molecule has 6 heteroatoms. The summed E-state index contributed by atoms with van der Waals surface area (Å²) in [5, 5.41) is 9.45. The molecule has 0 aliphatic carbocycles. The molecule has 0 amide bonds. The Kier molecular flexibility index (Phi) is 5.21. The minimum absolute atomic E-state index is 0.107. The molecule has 0 radical (unpaired) electrons. The first-order chi connectivity index (χ1) is 7.59. The largest absolute Gasteiger partial charge is 0.477 e. The van der Waals surface area contributed by atoms with Gasteiger partial charge in [0.25, 0.3) is 0 Å². The number of hydrogen-bond acceptors (Lipinski definition) is 5. The van der Waals surface area contributed by atoms with Crippen LogP contribution in [0.25, 0.3) is 6.08 Å². The molecule has 0 atom stereocenters. The van der Waals surface area contributed by atoms with E-state index < -0.39 is 5.97 Å². The zero-order chi connectivity index (χ0) is 12.0. The summed E-state index contributed by atoms with van der Waals surface area (Å²) in [6.07, 6.45) is 5.78. The van der Waals surface area contributed by atoms with E-state index in [0.29, 0.717) is 5.01 Å². The second kappa shape index (κ2) is 6.44. The SMILES string of the molecule is CC(=O)SCCC=Cc1ncc(C(=O)O)s1. The lowest BCUT2D eigenvalue weighted by Gasteiger charge is -1.90. The number of aromatic carboxylic acids is 1. The predicted molar refractivity (Wildman–Crippen MR) is 65.9 cm³/mol. The minimum Gasteiger partial charge on any atom is -0.477 e. The van der Waals surface area contributed by atoms with Crippen molar-refractivity contribution in [3.05, 3.63) is 22.2 Å². The van der Waals surface area contributed by atoms with Crippen molar-refractivity contribution in [2.75, 3.05) is 5.75 Å². The van der Waals surface area contributed by atoms with E-state index in [1.807, 2.05) is 6.08 Å². The fourth-order valence-electron chi connectivity index (χ4n) is 0.918. The van der Waals surface area contributed by atoms with Gasteiger partial charge in [-0.15, -0.1) is 11.3 Å². The average molecular weight is 257 g/mol. The number of thiazole rings is 1. The summed E-state index contributed by atoms with van der Waals surface area (Å²) in [6.45, 7) is 1.54. The van der Waals surface area contributed by atoms with Gasteiger partial charge in [-0.1, -0.05) is 17.8 Å². The van der Waals surface area contributed by atoms with E-state index in [2.05, 4.69) is 4.98 Å². The van der Waals surface area contributed by atoms with Crippen molar-refractivity contribution in [3.63, 3.8) is 0 Å². The Bertz CT molecular complexity index is 412. The van der Waals surface area contributed by atoms with Crippen LogP contribution in [0.15, 0.2) is 12.3 Å². The summed E-state index contributed by atoms with van der Waals surface area (Å²) in [4.78, 5) is 25.4. The first-order valence-corrected chi connectivity index (χ1v) is 6.39. The summed E-state index contributed by atoms with van der Waals surface area (Å²) >= 11 is 2.41. The smallest absolute Gasteiger partial charge is 0.347 e. The van der Waals surface area contributed by atoms with Crippen molar-refractivity contribution in [1.82, 2.24) is 4.98 Å². The number of carbonyl (C=O) groups excluding carboxylic acids is 1. The van der Waals surface area contributed by atoms with Gasteiger partial charge in [0.15, 0.2) is 5.12 Å². The van der Waals surface area contributed by atoms with E-state index in [4.69, 9.17) is 5.11 Å². The molecular formula is C10H11NO3S2. The summed E-state index contributed by atoms with van der Waals surface area (Å²) in [6, 6.07) is 0. The molecule has 1 rings (SSSR count). The van der Waals surface area contributed by atoms with Crippen molar-refractivity contribution in [1.29, 1.82) is 0 Å². The number of nitrogens with zero attached hydrogens (tertiary/aromatic N) is 1. The van der Waals surface area contributed by atoms with Crippen LogP contribution in [0.4, 0.5) is 0 Å². The molecule has 16 heavy (non-hydrogen) atoms. The Morgan fingerprint density at radius 2 is 2.38 bits per heavy atom. The fraction of sp³-hybridized carbons (Fsp3) is 0.300. The van der Waals surface area contributed by atoms with E-state index in [1.165, 1.54) is 24.9 Å². The van der Waals surface area contributed by atoms with Crippen molar-refractivity contribution >= 4 is 40.3 Å². The van der Waals surface area contributed by atoms with Crippen LogP contribution in [0.5, 0.6) is 0 Å². The van der Waals surface area contributed by atoms with Gasteiger partial charge < -0.3 is 5.11 Å². The second-order valence-electron chi connectivity index (χ2n) is 2.90. The van der Waals surface area contributed by atoms with E-state index in [0.717, 1.165) is 23.5 Å². The molecule has 4 nitrogen and oxygen atoms in total. The Morgan fingerprint density at radius 1 is 1.62 bits per heavy atom. The van der Waals surface area contributed by atoms with Crippen molar-refractivity contribution in [3.8, 4) is 0 Å². The standard InChI is InChI=1S/C10H11NO3S2/c1-7(12)15-5-3-2-4-9-11-6-8(16-9)10(13)14/h2,4,6H,3,5H2,1H3,(H,13,14). The molecule has 1 aromatic rings. The number of carboxylic acid groups (broad SMARTS) is 1. The molecular weight excluding hydrogens is 246 g/mol. The molecule has 0 fully saturated rings. The first kappa shape index (κ1) is 12.9. The molecule has 0 saturated carbocycles. The Morgan fingerprint density at radius 3 is 2.94 bits per heavy atom. The number of hydrogen-bond donors (Lipinski definition) is 1. The highest BCUT2D eigenvalue weighted by molar-refractivity contribution is 8.13. The monoisotopic (exact) mass is 257 g/mol. The number of allylic oxidation sites excluding steroid dienone is 1. The quantitative estimate of drug-likeness (QED) is 0.821. The second-order valence-corrected chi connectivity index (χ2v) is 5.23. The Hall–Kier alpha value is -1.14. The molecule has 0 spiro atoms. The third kappa shape index (κ3) is 4.59. The van der Waals surface area contributed by atoms with Crippen LogP contribution in [0, 0.1) is 0 Å². The van der Waals surface area contributed by atoms with Gasteiger partial charge in [-0.05, 0) is 12.5 Å². The van der Waals surface area contributed by atoms with E-state index >= 15 is 0 Å². The van der Waals surface area contributed by atoms with Crippen LogP contribution in [0.2, 0.25) is 0 Å². The third-order valence-corrected chi connectivity index (χ3v) is 3.38. The normalized spacial score (nSPS) is 10.8. The molecule has 0 bridgehead atoms. The van der Waals surface area contributed by atoms with Crippen LogP contribution >= 0.6 is 23.1 Å². The lowest BCUT2D eigenvalue weighted by molar-refractivity contribution is -0.109. The fourth-order valence-corrected chi connectivity index (χ4v) is 2.15. The molecule has 1 heterocycles. The van der Waals surface area contributed by atoms with Crippen LogP contribution in [-0.2, 0) is 4.79 Å². The third-order valence-electron chi connectivity index (χ3n) is 1.58. The number of aromatic nitrogens is 1. The Balaban J connectivity index is 2.38. The zero-order valence-electron chi connectivity index (χ0n) is 8.67. The van der Waals surface area contributed by atoms with Gasteiger partial charge in [0.2, 0.25) is 0 Å². The molecule has 0 unspecified atom stereocenters. The molecule has 86 valence electrons. The molecule has 0 saturated heterocycles. The summed E-state index contributed by atoms with van der Waals surface area (Å²) in [5.41, 5.74) is 0. The lowest BCUT2D eigenvalue weighted by atomic mass is 10.4. The van der Waals surface area contributed by atoms with Crippen LogP contribution < -0.4 is 0 Å².